The molecule has 0 radical (unpaired) electrons. The van der Waals surface area contributed by atoms with E-state index in [1.54, 1.807) is 48.5 Å². The van der Waals surface area contributed by atoms with E-state index in [0.29, 0.717) is 29.0 Å². The minimum Gasteiger partial charge on any atom is -0.494 e. The van der Waals surface area contributed by atoms with Gasteiger partial charge in [0.15, 0.2) is 11.6 Å². The van der Waals surface area contributed by atoms with Gasteiger partial charge in [0.2, 0.25) is 0 Å². The van der Waals surface area contributed by atoms with Gasteiger partial charge >= 0.3 is 5.97 Å². The van der Waals surface area contributed by atoms with Crippen LogP contribution in [0.5, 0.6) is 11.5 Å². The van der Waals surface area contributed by atoms with Crippen molar-refractivity contribution in [1.29, 1.82) is 0 Å². The topological polar surface area (TPSA) is 35.5 Å². The Hall–Kier alpha value is -4.06. The summed E-state index contributed by atoms with van der Waals surface area (Å²) >= 11 is 0. The number of ether oxygens (including phenoxy) is 2. The van der Waals surface area contributed by atoms with Crippen LogP contribution in [0.25, 0.3) is 22.3 Å². The van der Waals surface area contributed by atoms with Gasteiger partial charge in [-0.1, -0.05) is 48.0 Å². The minimum atomic E-state index is -1.28. The number of halogens is 3. The third-order valence-corrected chi connectivity index (χ3v) is 5.29. The van der Waals surface area contributed by atoms with Crippen molar-refractivity contribution in [2.45, 2.75) is 13.8 Å². The largest absolute Gasteiger partial charge is 0.494 e. The van der Waals surface area contributed by atoms with Gasteiger partial charge in [-0.25, -0.2) is 18.0 Å². The van der Waals surface area contributed by atoms with E-state index < -0.39 is 29.0 Å². The average Bonchev–Trinajstić information content (AvgIpc) is 2.82. The van der Waals surface area contributed by atoms with Crippen LogP contribution in [-0.2, 0) is 0 Å². The summed E-state index contributed by atoms with van der Waals surface area (Å²) in [6.07, 6.45) is 0. The van der Waals surface area contributed by atoms with Crippen molar-refractivity contribution in [3.8, 4) is 33.8 Å². The van der Waals surface area contributed by atoms with Gasteiger partial charge in [0.05, 0.1) is 12.2 Å². The molecule has 4 rings (SSSR count). The molecular formula is C28H21F3O3. The number of carbonyl (C=O) groups is 1. The lowest BCUT2D eigenvalue weighted by atomic mass is 10.0. The lowest BCUT2D eigenvalue weighted by molar-refractivity contribution is 0.0728. The molecular weight excluding hydrogens is 441 g/mol. The Kier molecular flexibility index (Phi) is 6.68. The van der Waals surface area contributed by atoms with Crippen molar-refractivity contribution < 1.29 is 27.4 Å². The number of esters is 1. The van der Waals surface area contributed by atoms with E-state index in [-0.39, 0.29) is 11.3 Å². The number of benzene rings is 4. The van der Waals surface area contributed by atoms with Crippen LogP contribution < -0.4 is 9.47 Å². The fourth-order valence-electron chi connectivity index (χ4n) is 3.51. The highest BCUT2D eigenvalue weighted by molar-refractivity contribution is 5.92. The van der Waals surface area contributed by atoms with Crippen molar-refractivity contribution in [2.75, 3.05) is 6.61 Å². The maximum Gasteiger partial charge on any atom is 0.346 e. The standard InChI is InChI=1S/C28H21F3O3/c1-3-33-21-12-13-22(25(29)16-21)18-8-10-20(11-9-18)34-28(32)24-15-14-23(26(30)27(24)31)19-6-4-17(2)5-7-19/h4-16H,3H2,1-2H3. The molecule has 0 aliphatic carbocycles. The summed E-state index contributed by atoms with van der Waals surface area (Å²) in [5.41, 5.74) is 1.92. The van der Waals surface area contributed by atoms with Gasteiger partial charge in [0.1, 0.15) is 17.3 Å². The zero-order valence-electron chi connectivity index (χ0n) is 18.6. The molecule has 0 unspecified atom stereocenters. The van der Waals surface area contributed by atoms with Crippen molar-refractivity contribution in [3.05, 3.63) is 107 Å². The van der Waals surface area contributed by atoms with Crippen LogP contribution in [0.3, 0.4) is 0 Å². The van der Waals surface area contributed by atoms with Crippen LogP contribution in [0.15, 0.2) is 78.9 Å². The number of hydrogen-bond acceptors (Lipinski definition) is 3. The van der Waals surface area contributed by atoms with Crippen LogP contribution in [0, 0.1) is 24.4 Å². The van der Waals surface area contributed by atoms with Crippen LogP contribution >= 0.6 is 0 Å². The SMILES string of the molecule is CCOc1ccc(-c2ccc(OC(=O)c3ccc(-c4ccc(C)cc4)c(F)c3F)cc2)c(F)c1. The summed E-state index contributed by atoms with van der Waals surface area (Å²) in [6, 6.07) is 20.1. The first kappa shape index (κ1) is 23.1. The molecule has 0 saturated heterocycles. The second-order valence-electron chi connectivity index (χ2n) is 7.64. The number of hydrogen-bond donors (Lipinski definition) is 0. The van der Waals surface area contributed by atoms with Gasteiger partial charge in [0.25, 0.3) is 0 Å². The van der Waals surface area contributed by atoms with E-state index in [1.165, 1.54) is 30.3 Å². The lowest BCUT2D eigenvalue weighted by Gasteiger charge is -2.10. The Morgan fingerprint density at radius 1 is 0.735 bits per heavy atom. The first-order valence-electron chi connectivity index (χ1n) is 10.7. The zero-order chi connectivity index (χ0) is 24.2. The van der Waals surface area contributed by atoms with Gasteiger partial charge in [0, 0.05) is 17.2 Å². The number of aryl methyl sites for hydroxylation is 1. The second kappa shape index (κ2) is 9.83. The maximum atomic E-state index is 14.7. The molecule has 0 atom stereocenters. The summed E-state index contributed by atoms with van der Waals surface area (Å²) in [5.74, 6) is -3.36. The summed E-state index contributed by atoms with van der Waals surface area (Å²) in [5, 5.41) is 0. The number of carbonyl (C=O) groups excluding carboxylic acids is 1. The summed E-state index contributed by atoms with van der Waals surface area (Å²) in [4.78, 5) is 12.5. The summed E-state index contributed by atoms with van der Waals surface area (Å²) in [6.45, 7) is 4.13. The Balaban J connectivity index is 1.52. The molecule has 0 fully saturated rings. The molecule has 0 bridgehead atoms. The molecule has 3 nitrogen and oxygen atoms in total. The molecule has 0 aromatic heterocycles. The molecule has 0 aliphatic heterocycles. The third-order valence-electron chi connectivity index (χ3n) is 5.29. The van der Waals surface area contributed by atoms with E-state index in [9.17, 15) is 18.0 Å². The van der Waals surface area contributed by atoms with E-state index in [4.69, 9.17) is 9.47 Å². The molecule has 0 N–H and O–H groups in total. The molecule has 0 amide bonds. The smallest absolute Gasteiger partial charge is 0.346 e. The molecule has 0 heterocycles. The summed E-state index contributed by atoms with van der Waals surface area (Å²) < 4.78 is 54.2. The fourth-order valence-corrected chi connectivity index (χ4v) is 3.51. The predicted molar refractivity (Wildman–Crippen MR) is 124 cm³/mol. The minimum absolute atomic E-state index is 0.0517. The van der Waals surface area contributed by atoms with Crippen LogP contribution in [0.4, 0.5) is 13.2 Å². The maximum absolute atomic E-state index is 14.7. The Bertz CT molecular complexity index is 1330. The highest BCUT2D eigenvalue weighted by Gasteiger charge is 2.21. The molecule has 172 valence electrons. The van der Waals surface area contributed by atoms with E-state index >= 15 is 0 Å². The normalized spacial score (nSPS) is 10.7. The quantitative estimate of drug-likeness (QED) is 0.222. The molecule has 0 spiro atoms. The van der Waals surface area contributed by atoms with Crippen molar-refractivity contribution in [2.24, 2.45) is 0 Å². The first-order chi connectivity index (χ1) is 16.4. The Morgan fingerprint density at radius 2 is 1.32 bits per heavy atom. The highest BCUT2D eigenvalue weighted by atomic mass is 19.2. The van der Waals surface area contributed by atoms with Crippen molar-refractivity contribution >= 4 is 5.97 Å². The Morgan fingerprint density at radius 3 is 1.97 bits per heavy atom. The fraction of sp³-hybridized carbons (Fsp3) is 0.107. The van der Waals surface area contributed by atoms with Gasteiger partial charge < -0.3 is 9.47 Å². The lowest BCUT2D eigenvalue weighted by Crippen LogP contribution is -2.12. The summed E-state index contributed by atoms with van der Waals surface area (Å²) in [7, 11) is 0. The highest BCUT2D eigenvalue weighted by Crippen LogP contribution is 2.30. The Labute approximate surface area is 195 Å². The molecule has 4 aromatic rings. The third kappa shape index (κ3) is 4.81. The van der Waals surface area contributed by atoms with Gasteiger partial charge in [-0.3, -0.25) is 0 Å². The second-order valence-corrected chi connectivity index (χ2v) is 7.64. The van der Waals surface area contributed by atoms with E-state index in [1.807, 2.05) is 13.8 Å². The van der Waals surface area contributed by atoms with Crippen LogP contribution in [0.2, 0.25) is 0 Å². The van der Waals surface area contributed by atoms with Gasteiger partial charge in [-0.2, -0.15) is 0 Å². The zero-order valence-corrected chi connectivity index (χ0v) is 18.6. The molecule has 0 saturated carbocycles. The van der Waals surface area contributed by atoms with E-state index in [2.05, 4.69) is 0 Å². The number of rotatable bonds is 6. The van der Waals surface area contributed by atoms with Gasteiger partial charge in [-0.15, -0.1) is 0 Å². The molecule has 34 heavy (non-hydrogen) atoms. The van der Waals surface area contributed by atoms with Crippen molar-refractivity contribution in [3.63, 3.8) is 0 Å². The average molecular weight is 462 g/mol. The van der Waals surface area contributed by atoms with Crippen LogP contribution in [0.1, 0.15) is 22.8 Å². The van der Waals surface area contributed by atoms with Crippen LogP contribution in [-0.4, -0.2) is 12.6 Å². The monoisotopic (exact) mass is 462 g/mol. The first-order valence-corrected chi connectivity index (χ1v) is 10.7. The predicted octanol–water partition coefficient (Wildman–Crippen LogP) is 7.36. The molecule has 4 aromatic carbocycles. The van der Waals surface area contributed by atoms with Gasteiger partial charge in [-0.05, 0) is 55.3 Å². The molecule has 6 heteroatoms. The van der Waals surface area contributed by atoms with E-state index in [0.717, 1.165) is 5.56 Å². The molecule has 0 aliphatic rings. The van der Waals surface area contributed by atoms with Crippen molar-refractivity contribution in [1.82, 2.24) is 0 Å².